The molecule has 4 rings (SSSR count). The van der Waals surface area contributed by atoms with Crippen molar-refractivity contribution in [2.75, 3.05) is 6.61 Å². The number of ether oxygens (including phenoxy) is 5. The molecule has 51 heavy (non-hydrogen) atoms. The number of benzene rings is 3. The van der Waals surface area contributed by atoms with Crippen LogP contribution in [0.3, 0.4) is 0 Å². The van der Waals surface area contributed by atoms with E-state index in [9.17, 15) is 19.1 Å². The highest BCUT2D eigenvalue weighted by Gasteiger charge is 2.70. The number of hydrogen-bond acceptors (Lipinski definition) is 8. The molecule has 1 heterocycles. The summed E-state index contributed by atoms with van der Waals surface area (Å²) in [5.41, 5.74) is -0.159. The molecule has 11 heteroatoms. The van der Waals surface area contributed by atoms with Gasteiger partial charge in [-0.2, -0.15) is 0 Å². The van der Waals surface area contributed by atoms with Gasteiger partial charge in [-0.25, -0.2) is 9.09 Å². The third-order valence-corrected chi connectivity index (χ3v) is 9.51. The fourth-order valence-corrected chi connectivity index (χ4v) is 7.00. The number of phosphoric ester groups is 1. The van der Waals surface area contributed by atoms with Gasteiger partial charge in [0.15, 0.2) is 5.60 Å². The van der Waals surface area contributed by atoms with Crippen LogP contribution in [0.25, 0.3) is 0 Å². The molecule has 1 aliphatic heterocycles. The maximum atomic E-state index is 14.1. The lowest BCUT2D eigenvalue weighted by atomic mass is 9.73. The van der Waals surface area contributed by atoms with Crippen molar-refractivity contribution in [3.05, 3.63) is 108 Å². The maximum Gasteiger partial charge on any atom is 0.472 e. The second-order valence-corrected chi connectivity index (χ2v) is 15.4. The quantitative estimate of drug-likeness (QED) is 0.0920. The molecule has 3 aromatic rings. The summed E-state index contributed by atoms with van der Waals surface area (Å²) in [6, 6.07) is 28.8. The second-order valence-electron chi connectivity index (χ2n) is 14.2. The summed E-state index contributed by atoms with van der Waals surface area (Å²) >= 11 is 0. The van der Waals surface area contributed by atoms with Crippen LogP contribution < -0.4 is 0 Å². The third kappa shape index (κ3) is 11.3. The highest BCUT2D eigenvalue weighted by atomic mass is 31.2. The molecule has 0 amide bonds. The molecule has 3 aromatic carbocycles. The molecular formula is C40H55O10P. The highest BCUT2D eigenvalue weighted by molar-refractivity contribution is 7.46. The van der Waals surface area contributed by atoms with E-state index in [1.54, 1.807) is 20.8 Å². The van der Waals surface area contributed by atoms with Crippen molar-refractivity contribution in [2.45, 2.75) is 123 Å². The van der Waals surface area contributed by atoms with E-state index in [1.807, 2.05) is 105 Å². The van der Waals surface area contributed by atoms with Crippen LogP contribution in [0.2, 0.25) is 0 Å². The van der Waals surface area contributed by atoms with Crippen LogP contribution in [-0.4, -0.2) is 52.1 Å². The van der Waals surface area contributed by atoms with E-state index in [-0.39, 0.29) is 39.3 Å². The normalized spacial score (nSPS) is 23.9. The first-order valence-electron chi connectivity index (χ1n) is 17.9. The first kappa shape index (κ1) is 40.8. The lowest BCUT2D eigenvalue weighted by molar-refractivity contribution is -0.398. The molecule has 280 valence electrons. The van der Waals surface area contributed by atoms with Crippen molar-refractivity contribution >= 4 is 13.8 Å². The number of carbonyl (C=O) groups is 1. The first-order chi connectivity index (χ1) is 24.3. The summed E-state index contributed by atoms with van der Waals surface area (Å²) in [6.45, 7) is 9.61. The van der Waals surface area contributed by atoms with E-state index in [4.69, 9.17) is 28.2 Å². The van der Waals surface area contributed by atoms with Crippen molar-refractivity contribution in [3.63, 3.8) is 0 Å². The Morgan fingerprint density at radius 3 is 1.75 bits per heavy atom. The predicted octanol–water partition coefficient (Wildman–Crippen LogP) is 8.29. The van der Waals surface area contributed by atoms with Crippen molar-refractivity contribution in [1.82, 2.24) is 0 Å². The molecule has 1 aliphatic rings. The summed E-state index contributed by atoms with van der Waals surface area (Å²) in [7, 11) is -5.28. The molecule has 0 bridgehead atoms. The Bertz CT molecular complexity index is 1510. The molecule has 0 aromatic heterocycles. The van der Waals surface area contributed by atoms with Gasteiger partial charge in [-0.05, 0) is 56.7 Å². The Morgan fingerprint density at radius 2 is 1.25 bits per heavy atom. The molecule has 0 unspecified atom stereocenters. The van der Waals surface area contributed by atoms with Gasteiger partial charge in [-0.3, -0.25) is 4.79 Å². The molecule has 10 nitrogen and oxygen atoms in total. The summed E-state index contributed by atoms with van der Waals surface area (Å²) < 4.78 is 52.3. The number of hydrogen-bond donors (Lipinski definition) is 2. The van der Waals surface area contributed by atoms with E-state index >= 15 is 0 Å². The second kappa shape index (κ2) is 18.7. The topological polar surface area (TPSA) is 130 Å². The Hall–Kier alpha value is -2.92. The third-order valence-electron chi connectivity index (χ3n) is 8.98. The van der Waals surface area contributed by atoms with E-state index in [1.165, 1.54) is 0 Å². The smallest absolute Gasteiger partial charge is 0.450 e. The van der Waals surface area contributed by atoms with Gasteiger partial charge in [0.2, 0.25) is 5.79 Å². The Kier molecular flexibility index (Phi) is 15.0. The van der Waals surface area contributed by atoms with Crippen LogP contribution in [0.1, 0.15) is 89.8 Å². The van der Waals surface area contributed by atoms with Crippen LogP contribution in [-0.2, 0) is 57.4 Å². The van der Waals surface area contributed by atoms with Gasteiger partial charge in [0.1, 0.15) is 18.3 Å². The average molecular weight is 727 g/mol. The lowest BCUT2D eigenvalue weighted by Crippen LogP contribution is -2.76. The van der Waals surface area contributed by atoms with Gasteiger partial charge < -0.3 is 33.5 Å². The Morgan fingerprint density at radius 1 is 0.765 bits per heavy atom. The number of unbranched alkanes of at least 4 members (excludes halogenated alkanes) is 2. The van der Waals surface area contributed by atoms with Gasteiger partial charge in [-0.15, -0.1) is 0 Å². The maximum absolute atomic E-state index is 14.1. The van der Waals surface area contributed by atoms with Gasteiger partial charge >= 0.3 is 13.8 Å². The van der Waals surface area contributed by atoms with Crippen LogP contribution in [0, 0.1) is 5.41 Å². The van der Waals surface area contributed by atoms with Crippen molar-refractivity contribution in [3.8, 4) is 0 Å². The zero-order valence-corrected chi connectivity index (χ0v) is 31.5. The number of carbonyl (C=O) groups excluding carboxylic acids is 1. The minimum atomic E-state index is -5.28. The fraction of sp³-hybridized carbons (Fsp3) is 0.525. The van der Waals surface area contributed by atoms with Crippen molar-refractivity contribution in [2.24, 2.45) is 5.41 Å². The fourth-order valence-electron chi connectivity index (χ4n) is 6.33. The van der Waals surface area contributed by atoms with Crippen LogP contribution in [0.15, 0.2) is 91.0 Å². The lowest BCUT2D eigenvalue weighted by Gasteiger charge is -2.59. The average Bonchev–Trinajstić information content (AvgIpc) is 3.10. The van der Waals surface area contributed by atoms with E-state index in [0.29, 0.717) is 25.7 Å². The number of esters is 1. The van der Waals surface area contributed by atoms with Gasteiger partial charge in [0, 0.05) is 6.42 Å². The Balaban J connectivity index is 1.93. The summed E-state index contributed by atoms with van der Waals surface area (Å²) in [5, 5.41) is 0. The summed E-state index contributed by atoms with van der Waals surface area (Å²) in [6.07, 6.45) is -0.593. The number of phosphoric acid groups is 1. The van der Waals surface area contributed by atoms with Gasteiger partial charge in [-0.1, -0.05) is 118 Å². The first-order valence-corrected chi connectivity index (χ1v) is 19.5. The van der Waals surface area contributed by atoms with Crippen LogP contribution in [0.4, 0.5) is 0 Å². The summed E-state index contributed by atoms with van der Waals surface area (Å²) in [5.74, 6) is -2.72. The number of rotatable bonds is 19. The minimum Gasteiger partial charge on any atom is -0.450 e. The molecule has 0 radical (unpaired) electrons. The molecular weight excluding hydrogens is 671 g/mol. The highest BCUT2D eigenvalue weighted by Crippen LogP contribution is 2.56. The van der Waals surface area contributed by atoms with Gasteiger partial charge in [0.05, 0.1) is 31.8 Å². The zero-order valence-electron chi connectivity index (χ0n) is 30.6. The van der Waals surface area contributed by atoms with Gasteiger partial charge in [0.25, 0.3) is 0 Å². The molecule has 0 aliphatic carbocycles. The molecule has 0 spiro atoms. The van der Waals surface area contributed by atoms with E-state index < -0.39 is 48.9 Å². The molecule has 1 fully saturated rings. The predicted molar refractivity (Wildman–Crippen MR) is 194 cm³/mol. The largest absolute Gasteiger partial charge is 0.472 e. The van der Waals surface area contributed by atoms with E-state index in [0.717, 1.165) is 16.7 Å². The Labute approximate surface area is 303 Å². The molecule has 2 N–H and O–H groups in total. The SMILES string of the molecule is CCCC[C@@]1(OP(=O)(O)O)O[C@H](COCc2ccccc2)[C@@H](OCc2ccccc2)[C@H](OCc2ccccc2)[C@@]1(CCCC)OC(=O)C(C)(C)C. The molecule has 0 saturated carbocycles. The van der Waals surface area contributed by atoms with Crippen molar-refractivity contribution in [1.29, 1.82) is 0 Å². The van der Waals surface area contributed by atoms with E-state index in [2.05, 4.69) is 0 Å². The minimum absolute atomic E-state index is 0.00152. The zero-order chi connectivity index (χ0) is 37.0. The van der Waals surface area contributed by atoms with Crippen LogP contribution in [0.5, 0.6) is 0 Å². The molecule has 1 saturated heterocycles. The standard InChI is InChI=1S/C40H55O10P/c1-6-8-25-39(49-37(41)38(3,4)5)36(47-29-33-23-17-12-18-24-33)35(46-28-32-21-15-11-16-22-32)34(30-45-27-31-19-13-10-14-20-31)48-40(39,26-9-7-2)50-51(42,43)44/h10-24,34-36H,6-9,25-30H2,1-5H3,(H2,42,43,44)/t34-,35-,36+,39-,40+/m1/s1. The monoisotopic (exact) mass is 726 g/mol. The van der Waals surface area contributed by atoms with Crippen molar-refractivity contribution < 1.29 is 47.4 Å². The molecule has 5 atom stereocenters. The summed E-state index contributed by atoms with van der Waals surface area (Å²) in [4.78, 5) is 35.2. The van der Waals surface area contributed by atoms with Crippen LogP contribution >= 0.6 is 7.82 Å².